The fourth-order valence-electron chi connectivity index (χ4n) is 0.521. The van der Waals surface area contributed by atoms with Gasteiger partial charge in [0.15, 0.2) is 0 Å². The third kappa shape index (κ3) is 1.42. The molecule has 0 saturated heterocycles. The third-order valence-corrected chi connectivity index (χ3v) is 1.87. The number of pyridine rings is 1. The van der Waals surface area contributed by atoms with Gasteiger partial charge in [0.1, 0.15) is 11.1 Å². The van der Waals surface area contributed by atoms with Crippen LogP contribution in [0, 0.1) is 17.3 Å². The van der Waals surface area contributed by atoms with E-state index < -0.39 is 5.95 Å². The summed E-state index contributed by atoms with van der Waals surface area (Å²) in [6.07, 6.45) is 1.03. The summed E-state index contributed by atoms with van der Waals surface area (Å²) in [6, 6.07) is 1.72. The van der Waals surface area contributed by atoms with E-state index in [1.54, 1.807) is 6.07 Å². The average Bonchev–Trinajstić information content (AvgIpc) is 2.01. The van der Waals surface area contributed by atoms with Crippen LogP contribution in [0.4, 0.5) is 4.39 Å². The molecule has 0 aliphatic rings. The maximum Gasteiger partial charge on any atom is 0.233 e. The summed E-state index contributed by atoms with van der Waals surface area (Å²) in [5.74, 6) is -0.865. The first-order valence-corrected chi connectivity index (χ1v) is 3.32. The van der Waals surface area contributed by atoms with Gasteiger partial charge in [0.2, 0.25) is 5.95 Å². The van der Waals surface area contributed by atoms with Crippen molar-refractivity contribution in [3.63, 3.8) is 0 Å². The highest BCUT2D eigenvalue weighted by Crippen LogP contribution is 2.25. The topological polar surface area (TPSA) is 36.7 Å². The zero-order valence-electron chi connectivity index (χ0n) is 5.11. The molecule has 1 aromatic heterocycles. The zero-order chi connectivity index (χ0) is 8.43. The van der Waals surface area contributed by atoms with Gasteiger partial charge in [-0.1, -0.05) is 23.2 Å². The Morgan fingerprint density at radius 1 is 1.45 bits per heavy atom. The minimum absolute atomic E-state index is 0.0677. The summed E-state index contributed by atoms with van der Waals surface area (Å²) >= 11 is 10.8. The van der Waals surface area contributed by atoms with Crippen molar-refractivity contribution in [1.82, 2.24) is 4.98 Å². The van der Waals surface area contributed by atoms with E-state index in [1.807, 2.05) is 0 Å². The van der Waals surface area contributed by atoms with Gasteiger partial charge in [-0.15, -0.1) is 0 Å². The van der Waals surface area contributed by atoms with Crippen LogP contribution in [0.5, 0.6) is 0 Å². The average molecular weight is 191 g/mol. The first-order valence-electron chi connectivity index (χ1n) is 2.56. The molecular formula is C6HCl2FN2. The lowest BCUT2D eigenvalue weighted by Gasteiger charge is -1.96. The molecule has 2 nitrogen and oxygen atoms in total. The van der Waals surface area contributed by atoms with E-state index in [-0.39, 0.29) is 15.6 Å². The standard InChI is InChI=1S/C6HCl2FN2/c7-4-3(1-10)2-11-6(9)5(4)8/h2H. The van der Waals surface area contributed by atoms with Gasteiger partial charge in [-0.2, -0.15) is 9.65 Å². The number of nitrogens with zero attached hydrogens (tertiary/aromatic N) is 2. The molecule has 1 heterocycles. The number of aromatic nitrogens is 1. The molecule has 0 amide bonds. The molecule has 1 rings (SSSR count). The molecule has 0 atom stereocenters. The Bertz CT molecular complexity index is 332. The quantitative estimate of drug-likeness (QED) is 0.590. The molecule has 0 aromatic carbocycles. The van der Waals surface area contributed by atoms with E-state index in [1.165, 1.54) is 0 Å². The maximum absolute atomic E-state index is 12.5. The zero-order valence-corrected chi connectivity index (χ0v) is 6.62. The van der Waals surface area contributed by atoms with E-state index in [4.69, 9.17) is 28.5 Å². The monoisotopic (exact) mass is 190 g/mol. The predicted molar refractivity (Wildman–Crippen MR) is 38.9 cm³/mol. The Morgan fingerprint density at radius 2 is 2.09 bits per heavy atom. The highest BCUT2D eigenvalue weighted by atomic mass is 35.5. The fourth-order valence-corrected chi connectivity index (χ4v) is 0.841. The summed E-state index contributed by atoms with van der Waals surface area (Å²) in [6.45, 7) is 0. The molecule has 11 heavy (non-hydrogen) atoms. The smallest absolute Gasteiger partial charge is 0.226 e. The lowest BCUT2D eigenvalue weighted by molar-refractivity contribution is 0.584. The van der Waals surface area contributed by atoms with Crippen molar-refractivity contribution in [1.29, 1.82) is 5.26 Å². The van der Waals surface area contributed by atoms with Gasteiger partial charge in [-0.05, 0) is 0 Å². The predicted octanol–water partition coefficient (Wildman–Crippen LogP) is 2.40. The second kappa shape index (κ2) is 3.04. The second-order valence-corrected chi connectivity index (χ2v) is 2.46. The van der Waals surface area contributed by atoms with Crippen molar-refractivity contribution >= 4 is 23.2 Å². The molecule has 56 valence electrons. The molecule has 1 aromatic rings. The van der Waals surface area contributed by atoms with Crippen molar-refractivity contribution in [2.45, 2.75) is 0 Å². The number of nitriles is 1. The molecule has 5 heteroatoms. The van der Waals surface area contributed by atoms with E-state index in [0.717, 1.165) is 6.20 Å². The highest BCUT2D eigenvalue weighted by molar-refractivity contribution is 6.42. The van der Waals surface area contributed by atoms with Crippen molar-refractivity contribution < 1.29 is 4.39 Å². The Hall–Kier alpha value is -0.850. The van der Waals surface area contributed by atoms with Gasteiger partial charge in [0, 0.05) is 6.20 Å². The third-order valence-electron chi connectivity index (χ3n) is 1.04. The molecule has 0 bridgehead atoms. The molecule has 0 spiro atoms. The SMILES string of the molecule is N#Cc1cnc(F)c(Cl)c1Cl. The van der Waals surface area contributed by atoms with E-state index in [2.05, 4.69) is 4.98 Å². The second-order valence-electron chi connectivity index (χ2n) is 1.70. The minimum atomic E-state index is -0.865. The molecule has 0 saturated carbocycles. The number of hydrogen-bond donors (Lipinski definition) is 0. The summed E-state index contributed by atoms with van der Waals surface area (Å²) in [4.78, 5) is 3.20. The Kier molecular flexibility index (Phi) is 2.28. The van der Waals surface area contributed by atoms with Crippen LogP contribution in [0.15, 0.2) is 6.20 Å². The van der Waals surface area contributed by atoms with Crippen LogP contribution in [-0.4, -0.2) is 4.98 Å². The summed E-state index contributed by atoms with van der Waals surface area (Å²) in [5, 5.41) is 7.97. The van der Waals surface area contributed by atoms with Gasteiger partial charge in [-0.3, -0.25) is 0 Å². The molecule has 0 unspecified atom stereocenters. The minimum Gasteiger partial charge on any atom is -0.226 e. The fraction of sp³-hybridized carbons (Fsp3) is 0. The lowest BCUT2D eigenvalue weighted by Crippen LogP contribution is -1.87. The van der Waals surface area contributed by atoms with Crippen LogP contribution in [0.2, 0.25) is 10.0 Å². The van der Waals surface area contributed by atoms with Crippen LogP contribution in [0.25, 0.3) is 0 Å². The molecule has 0 fully saturated rings. The van der Waals surface area contributed by atoms with Gasteiger partial charge in [0.05, 0.1) is 10.6 Å². The van der Waals surface area contributed by atoms with Crippen molar-refractivity contribution in [2.24, 2.45) is 0 Å². The van der Waals surface area contributed by atoms with Gasteiger partial charge >= 0.3 is 0 Å². The van der Waals surface area contributed by atoms with Crippen LogP contribution < -0.4 is 0 Å². The molecular weight excluding hydrogens is 190 g/mol. The van der Waals surface area contributed by atoms with E-state index in [0.29, 0.717) is 0 Å². The first kappa shape index (κ1) is 8.25. The first-order chi connectivity index (χ1) is 5.16. The Balaban J connectivity index is 3.40. The Labute approximate surface area is 72.2 Å². The normalized spacial score (nSPS) is 9.27. The number of rotatable bonds is 0. The summed E-state index contributed by atoms with van der Waals surface area (Å²) in [5.41, 5.74) is 0.0677. The van der Waals surface area contributed by atoms with Crippen molar-refractivity contribution in [2.75, 3.05) is 0 Å². The largest absolute Gasteiger partial charge is 0.233 e. The molecule has 0 radical (unpaired) electrons. The van der Waals surface area contributed by atoms with E-state index >= 15 is 0 Å². The van der Waals surface area contributed by atoms with Crippen LogP contribution >= 0.6 is 23.2 Å². The number of halogens is 3. The highest BCUT2D eigenvalue weighted by Gasteiger charge is 2.09. The Morgan fingerprint density at radius 3 is 2.64 bits per heavy atom. The van der Waals surface area contributed by atoms with Crippen LogP contribution in [0.3, 0.4) is 0 Å². The molecule has 0 N–H and O–H groups in total. The molecule has 0 aliphatic heterocycles. The molecule has 0 aliphatic carbocycles. The van der Waals surface area contributed by atoms with Crippen molar-refractivity contribution in [3.05, 3.63) is 27.8 Å². The van der Waals surface area contributed by atoms with E-state index in [9.17, 15) is 4.39 Å². The van der Waals surface area contributed by atoms with Crippen LogP contribution in [0.1, 0.15) is 5.56 Å². The summed E-state index contributed by atoms with van der Waals surface area (Å²) in [7, 11) is 0. The summed E-state index contributed by atoms with van der Waals surface area (Å²) < 4.78 is 12.5. The maximum atomic E-state index is 12.5. The lowest BCUT2D eigenvalue weighted by atomic mass is 10.3. The van der Waals surface area contributed by atoms with Gasteiger partial charge in [0.25, 0.3) is 0 Å². The number of hydrogen-bond acceptors (Lipinski definition) is 2. The van der Waals surface area contributed by atoms with Crippen LogP contribution in [-0.2, 0) is 0 Å². The van der Waals surface area contributed by atoms with Crippen molar-refractivity contribution in [3.8, 4) is 6.07 Å². The van der Waals surface area contributed by atoms with Gasteiger partial charge in [-0.25, -0.2) is 4.98 Å². The van der Waals surface area contributed by atoms with Gasteiger partial charge < -0.3 is 0 Å².